The van der Waals surface area contributed by atoms with Crippen molar-refractivity contribution in [2.24, 2.45) is 0 Å². The van der Waals surface area contributed by atoms with Crippen molar-refractivity contribution in [1.82, 2.24) is 0 Å². The number of hydrogen-bond acceptors (Lipinski definition) is 2. The highest BCUT2D eigenvalue weighted by Gasteiger charge is 2.41. The Bertz CT molecular complexity index is 296. The molecule has 0 saturated heterocycles. The van der Waals surface area contributed by atoms with Gasteiger partial charge in [0, 0.05) is 0 Å². The van der Waals surface area contributed by atoms with Crippen LogP contribution < -0.4 is 0 Å². The van der Waals surface area contributed by atoms with Crippen molar-refractivity contribution in [3.63, 3.8) is 0 Å². The number of rotatable bonds is 2. The predicted molar refractivity (Wildman–Crippen MR) is 50.2 cm³/mol. The van der Waals surface area contributed by atoms with Gasteiger partial charge in [-0.25, -0.2) is 0 Å². The van der Waals surface area contributed by atoms with Crippen LogP contribution >= 0.6 is 0 Å². The fourth-order valence-corrected chi connectivity index (χ4v) is 1.48. The summed E-state index contributed by atoms with van der Waals surface area (Å²) in [7, 11) is 0. The summed E-state index contributed by atoms with van der Waals surface area (Å²) in [5.74, 6) is 0. The molecule has 2 N–H and O–H groups in total. The quantitative estimate of drug-likeness (QED) is 0.724. The van der Waals surface area contributed by atoms with Gasteiger partial charge in [-0.15, -0.1) is 0 Å². The molecule has 0 radical (unpaired) electrons. The number of hydrogen-bond donors (Lipinski definition) is 2. The van der Waals surface area contributed by atoms with Crippen LogP contribution in [-0.4, -0.2) is 10.2 Å². The molecule has 1 aliphatic carbocycles. The first-order valence-electron chi connectivity index (χ1n) is 4.63. The molecule has 0 aliphatic heterocycles. The van der Waals surface area contributed by atoms with Gasteiger partial charge >= 0.3 is 0 Å². The summed E-state index contributed by atoms with van der Waals surface area (Å²) in [6.07, 6.45) is 1.30. The molecule has 1 atom stereocenters. The molecule has 2 heteroatoms. The van der Waals surface area contributed by atoms with E-state index < -0.39 is 11.7 Å². The molecule has 0 aromatic heterocycles. The molecule has 0 amide bonds. The summed E-state index contributed by atoms with van der Waals surface area (Å²) in [5, 5.41) is 19.0. The highest BCUT2D eigenvalue weighted by molar-refractivity contribution is 5.31. The smallest absolute Gasteiger partial charge is 0.0899 e. The van der Waals surface area contributed by atoms with Crippen LogP contribution in [0.2, 0.25) is 0 Å². The van der Waals surface area contributed by atoms with E-state index in [1.54, 1.807) is 6.92 Å². The molecule has 70 valence electrons. The van der Waals surface area contributed by atoms with Gasteiger partial charge in [0.1, 0.15) is 0 Å². The summed E-state index contributed by atoms with van der Waals surface area (Å²) >= 11 is 0. The van der Waals surface area contributed by atoms with Crippen LogP contribution in [0, 0.1) is 0 Å². The normalized spacial score (nSPS) is 21.2. The van der Waals surface area contributed by atoms with Gasteiger partial charge in [-0.2, -0.15) is 0 Å². The van der Waals surface area contributed by atoms with Crippen LogP contribution in [0.1, 0.15) is 37.0 Å². The molecular formula is C11H14O2. The average Bonchev–Trinajstić information content (AvgIpc) is 2.85. The van der Waals surface area contributed by atoms with Crippen molar-refractivity contribution < 1.29 is 10.2 Å². The predicted octanol–water partition coefficient (Wildman–Crippen LogP) is 1.72. The van der Waals surface area contributed by atoms with E-state index in [1.807, 2.05) is 24.3 Å². The third kappa shape index (κ3) is 1.60. The van der Waals surface area contributed by atoms with Gasteiger partial charge in [-0.05, 0) is 30.9 Å². The zero-order chi connectivity index (χ0) is 9.47. The van der Waals surface area contributed by atoms with Crippen molar-refractivity contribution in [1.29, 1.82) is 0 Å². The molecule has 1 aromatic rings. The first kappa shape index (κ1) is 8.73. The van der Waals surface area contributed by atoms with Crippen molar-refractivity contribution in [2.75, 3.05) is 0 Å². The van der Waals surface area contributed by atoms with Gasteiger partial charge in [0.15, 0.2) is 0 Å². The first-order chi connectivity index (χ1) is 6.12. The SMILES string of the molecule is CC(O)c1ccc(C2(O)CC2)cc1. The van der Waals surface area contributed by atoms with Crippen LogP contribution in [0.3, 0.4) is 0 Å². The van der Waals surface area contributed by atoms with Crippen molar-refractivity contribution >= 4 is 0 Å². The zero-order valence-electron chi connectivity index (χ0n) is 7.70. The minimum absolute atomic E-state index is 0.428. The van der Waals surface area contributed by atoms with Gasteiger partial charge in [0.05, 0.1) is 11.7 Å². The third-order valence-corrected chi connectivity index (χ3v) is 2.65. The Morgan fingerprint density at radius 2 is 1.77 bits per heavy atom. The molecule has 1 fully saturated rings. The largest absolute Gasteiger partial charge is 0.389 e. The molecule has 0 heterocycles. The highest BCUT2D eigenvalue weighted by Crippen LogP contribution is 2.45. The first-order valence-corrected chi connectivity index (χ1v) is 4.63. The molecule has 1 saturated carbocycles. The highest BCUT2D eigenvalue weighted by atomic mass is 16.3. The van der Waals surface area contributed by atoms with E-state index in [0.717, 1.165) is 24.0 Å². The maximum absolute atomic E-state index is 9.77. The van der Waals surface area contributed by atoms with Crippen molar-refractivity contribution in [3.05, 3.63) is 35.4 Å². The Labute approximate surface area is 77.8 Å². The van der Waals surface area contributed by atoms with E-state index >= 15 is 0 Å². The second-order valence-corrected chi connectivity index (χ2v) is 3.83. The fourth-order valence-electron chi connectivity index (χ4n) is 1.48. The number of aliphatic hydroxyl groups excluding tert-OH is 1. The monoisotopic (exact) mass is 178 g/mol. The lowest BCUT2D eigenvalue weighted by molar-refractivity contribution is 0.151. The van der Waals surface area contributed by atoms with Crippen molar-refractivity contribution in [2.45, 2.75) is 31.5 Å². The molecule has 0 spiro atoms. The Hall–Kier alpha value is -0.860. The van der Waals surface area contributed by atoms with Gasteiger partial charge in [0.2, 0.25) is 0 Å². The van der Waals surface area contributed by atoms with E-state index in [2.05, 4.69) is 0 Å². The Morgan fingerprint density at radius 1 is 1.23 bits per heavy atom. The number of benzene rings is 1. The van der Waals surface area contributed by atoms with E-state index in [4.69, 9.17) is 0 Å². The van der Waals surface area contributed by atoms with Crippen LogP contribution in [0.15, 0.2) is 24.3 Å². The lowest BCUT2D eigenvalue weighted by Crippen LogP contribution is -2.04. The third-order valence-electron chi connectivity index (χ3n) is 2.65. The molecule has 2 nitrogen and oxygen atoms in total. The lowest BCUT2D eigenvalue weighted by Gasteiger charge is -2.09. The maximum Gasteiger partial charge on any atom is 0.0899 e. The molecule has 1 unspecified atom stereocenters. The molecule has 1 aliphatic rings. The van der Waals surface area contributed by atoms with E-state index in [0.29, 0.717) is 0 Å². The molecule has 13 heavy (non-hydrogen) atoms. The Morgan fingerprint density at radius 3 is 2.15 bits per heavy atom. The van der Waals surface area contributed by atoms with E-state index in [-0.39, 0.29) is 0 Å². The zero-order valence-corrected chi connectivity index (χ0v) is 7.70. The maximum atomic E-state index is 9.77. The lowest BCUT2D eigenvalue weighted by atomic mass is 10.0. The van der Waals surface area contributed by atoms with Gasteiger partial charge in [-0.3, -0.25) is 0 Å². The summed E-state index contributed by atoms with van der Waals surface area (Å²) in [6.45, 7) is 1.74. The minimum atomic E-state index is -0.558. The standard InChI is InChI=1S/C11H14O2/c1-8(12)9-2-4-10(5-3-9)11(13)6-7-11/h2-5,8,12-13H,6-7H2,1H3. The van der Waals surface area contributed by atoms with E-state index in [9.17, 15) is 10.2 Å². The molecular weight excluding hydrogens is 164 g/mol. The Balaban J connectivity index is 2.24. The van der Waals surface area contributed by atoms with E-state index in [1.165, 1.54) is 0 Å². The summed E-state index contributed by atoms with van der Waals surface area (Å²) in [4.78, 5) is 0. The van der Waals surface area contributed by atoms with Crippen LogP contribution in [0.5, 0.6) is 0 Å². The van der Waals surface area contributed by atoms with Crippen LogP contribution in [-0.2, 0) is 5.60 Å². The van der Waals surface area contributed by atoms with Crippen molar-refractivity contribution in [3.8, 4) is 0 Å². The van der Waals surface area contributed by atoms with Gasteiger partial charge in [-0.1, -0.05) is 24.3 Å². The number of aliphatic hydroxyl groups is 2. The summed E-state index contributed by atoms with van der Waals surface area (Å²) < 4.78 is 0. The summed E-state index contributed by atoms with van der Waals surface area (Å²) in [5.41, 5.74) is 1.31. The minimum Gasteiger partial charge on any atom is -0.389 e. The van der Waals surface area contributed by atoms with Crippen LogP contribution in [0.4, 0.5) is 0 Å². The topological polar surface area (TPSA) is 40.5 Å². The van der Waals surface area contributed by atoms with Crippen LogP contribution in [0.25, 0.3) is 0 Å². The second kappa shape index (κ2) is 2.82. The Kier molecular flexibility index (Phi) is 1.90. The molecule has 1 aromatic carbocycles. The second-order valence-electron chi connectivity index (χ2n) is 3.83. The average molecular weight is 178 g/mol. The molecule has 0 bridgehead atoms. The van der Waals surface area contributed by atoms with Gasteiger partial charge < -0.3 is 10.2 Å². The molecule has 2 rings (SSSR count). The summed E-state index contributed by atoms with van der Waals surface area (Å²) in [6, 6.07) is 7.54. The van der Waals surface area contributed by atoms with Gasteiger partial charge in [0.25, 0.3) is 0 Å². The fraction of sp³-hybridized carbons (Fsp3) is 0.455.